The van der Waals surface area contributed by atoms with Crippen molar-refractivity contribution in [3.63, 3.8) is 0 Å². The molecule has 0 spiro atoms. The summed E-state index contributed by atoms with van der Waals surface area (Å²) >= 11 is 6.05. The lowest BCUT2D eigenvalue weighted by Gasteiger charge is -2.23. The van der Waals surface area contributed by atoms with Crippen molar-refractivity contribution in [3.05, 3.63) is 74.3 Å². The van der Waals surface area contributed by atoms with Crippen LogP contribution in [0.4, 0.5) is 4.39 Å². The fourth-order valence-corrected chi connectivity index (χ4v) is 2.48. The van der Waals surface area contributed by atoms with Gasteiger partial charge in [-0.3, -0.25) is 9.36 Å². The molecule has 154 valence electrons. The van der Waals surface area contributed by atoms with Crippen molar-refractivity contribution in [2.45, 2.75) is 19.4 Å². The number of carbonyl (C=O) groups is 2. The highest BCUT2D eigenvalue weighted by molar-refractivity contribution is 6.33. The van der Waals surface area contributed by atoms with E-state index in [4.69, 9.17) is 21.1 Å². The van der Waals surface area contributed by atoms with E-state index in [2.05, 4.69) is 6.58 Å². The van der Waals surface area contributed by atoms with Crippen LogP contribution in [-0.4, -0.2) is 33.3 Å². The van der Waals surface area contributed by atoms with E-state index in [0.717, 1.165) is 13.1 Å². The minimum atomic E-state index is -1.64. The Balaban J connectivity index is 2.45. The Morgan fingerprint density at radius 2 is 1.93 bits per heavy atom. The van der Waals surface area contributed by atoms with Crippen LogP contribution in [-0.2, 0) is 21.3 Å². The van der Waals surface area contributed by atoms with Crippen molar-refractivity contribution in [3.8, 4) is 5.69 Å². The highest BCUT2D eigenvalue weighted by Gasteiger charge is 2.34. The zero-order valence-electron chi connectivity index (χ0n) is 15.9. The summed E-state index contributed by atoms with van der Waals surface area (Å²) in [6.07, 6.45) is 1.36. The summed E-state index contributed by atoms with van der Waals surface area (Å²) in [5.74, 6) is -2.80. The van der Waals surface area contributed by atoms with Crippen molar-refractivity contribution in [2.24, 2.45) is 7.05 Å². The summed E-state index contributed by atoms with van der Waals surface area (Å²) in [6.45, 7) is 6.01. The van der Waals surface area contributed by atoms with Gasteiger partial charge in [-0.2, -0.15) is 4.39 Å². The lowest BCUT2D eigenvalue weighted by atomic mass is 10.1. The SMILES string of the molecule is C=CCOC(=O)C(C)(C)OC(=O)c1cc(-n2c(=O)cc(F)n(C)c2=O)ccc1Cl. The molecule has 1 heterocycles. The molecule has 0 fully saturated rings. The minimum absolute atomic E-state index is 0.0287. The van der Waals surface area contributed by atoms with Crippen LogP contribution in [0, 0.1) is 5.95 Å². The van der Waals surface area contributed by atoms with Gasteiger partial charge in [-0.05, 0) is 32.0 Å². The zero-order valence-corrected chi connectivity index (χ0v) is 16.7. The van der Waals surface area contributed by atoms with Gasteiger partial charge in [-0.1, -0.05) is 24.3 Å². The third-order valence-corrected chi connectivity index (χ3v) is 4.19. The average molecular weight is 425 g/mol. The molecule has 0 N–H and O–H groups in total. The van der Waals surface area contributed by atoms with Gasteiger partial charge in [0.15, 0.2) is 0 Å². The fourth-order valence-electron chi connectivity index (χ4n) is 2.28. The predicted octanol–water partition coefficient (Wildman–Crippen LogP) is 1.99. The minimum Gasteiger partial charge on any atom is -0.459 e. The Hall–Kier alpha value is -3.20. The Morgan fingerprint density at radius 1 is 1.28 bits per heavy atom. The van der Waals surface area contributed by atoms with Crippen molar-refractivity contribution >= 4 is 23.5 Å². The summed E-state index contributed by atoms with van der Waals surface area (Å²) in [6, 6.07) is 4.35. The monoisotopic (exact) mass is 424 g/mol. The fraction of sp³-hybridized carbons (Fsp3) is 0.263. The Morgan fingerprint density at radius 3 is 2.55 bits per heavy atom. The van der Waals surface area contributed by atoms with E-state index < -0.39 is 34.7 Å². The van der Waals surface area contributed by atoms with E-state index in [1.807, 2.05) is 0 Å². The summed E-state index contributed by atoms with van der Waals surface area (Å²) < 4.78 is 24.9. The number of hydrogen-bond donors (Lipinski definition) is 0. The second-order valence-electron chi connectivity index (χ2n) is 6.43. The summed E-state index contributed by atoms with van der Waals surface area (Å²) in [7, 11) is 1.15. The molecule has 0 saturated heterocycles. The molecule has 0 amide bonds. The average Bonchev–Trinajstić information content (AvgIpc) is 2.65. The van der Waals surface area contributed by atoms with Crippen LogP contribution < -0.4 is 11.2 Å². The molecular weight excluding hydrogens is 407 g/mol. The topological polar surface area (TPSA) is 96.6 Å². The second-order valence-corrected chi connectivity index (χ2v) is 6.84. The van der Waals surface area contributed by atoms with E-state index in [-0.39, 0.29) is 22.9 Å². The van der Waals surface area contributed by atoms with Crippen molar-refractivity contribution in [2.75, 3.05) is 6.61 Å². The molecule has 29 heavy (non-hydrogen) atoms. The molecule has 0 bridgehead atoms. The Bertz CT molecular complexity index is 1100. The largest absolute Gasteiger partial charge is 0.459 e. The molecule has 0 atom stereocenters. The summed E-state index contributed by atoms with van der Waals surface area (Å²) in [5, 5.41) is -0.0407. The first-order valence-corrected chi connectivity index (χ1v) is 8.67. The van der Waals surface area contributed by atoms with Gasteiger partial charge in [0.05, 0.1) is 22.3 Å². The summed E-state index contributed by atoms with van der Waals surface area (Å²) in [4.78, 5) is 48.9. The predicted molar refractivity (Wildman–Crippen MR) is 103 cm³/mol. The number of ether oxygens (including phenoxy) is 2. The van der Waals surface area contributed by atoms with Gasteiger partial charge in [-0.15, -0.1) is 0 Å². The first-order valence-electron chi connectivity index (χ1n) is 8.29. The van der Waals surface area contributed by atoms with Gasteiger partial charge in [0.1, 0.15) is 6.61 Å². The molecular formula is C19H18ClFN2O6. The first-order chi connectivity index (χ1) is 13.5. The van der Waals surface area contributed by atoms with Crippen molar-refractivity contribution in [1.82, 2.24) is 9.13 Å². The molecule has 8 nitrogen and oxygen atoms in total. The second kappa shape index (κ2) is 8.44. The number of hydrogen-bond acceptors (Lipinski definition) is 6. The third kappa shape index (κ3) is 4.62. The quantitative estimate of drug-likeness (QED) is 0.399. The molecule has 0 radical (unpaired) electrons. The molecule has 1 aromatic heterocycles. The molecule has 0 saturated carbocycles. The van der Waals surface area contributed by atoms with Gasteiger partial charge in [0, 0.05) is 7.05 Å². The van der Waals surface area contributed by atoms with Gasteiger partial charge < -0.3 is 9.47 Å². The Kier molecular flexibility index (Phi) is 6.43. The number of nitrogens with zero attached hydrogens (tertiary/aromatic N) is 2. The molecule has 0 aliphatic rings. The molecule has 1 aromatic carbocycles. The molecule has 10 heteroatoms. The lowest BCUT2D eigenvalue weighted by molar-refractivity contribution is -0.161. The lowest BCUT2D eigenvalue weighted by Crippen LogP contribution is -2.39. The number of carbonyl (C=O) groups excluding carboxylic acids is 2. The number of esters is 2. The van der Waals surface area contributed by atoms with E-state index in [0.29, 0.717) is 15.2 Å². The maximum Gasteiger partial charge on any atom is 0.350 e. The van der Waals surface area contributed by atoms with Crippen LogP contribution in [0.2, 0.25) is 5.02 Å². The normalized spacial score (nSPS) is 11.1. The number of halogens is 2. The van der Waals surface area contributed by atoms with E-state index in [9.17, 15) is 23.6 Å². The Labute approximate surface area is 169 Å². The van der Waals surface area contributed by atoms with Gasteiger partial charge in [-0.25, -0.2) is 19.0 Å². The van der Waals surface area contributed by atoms with Crippen LogP contribution in [0.25, 0.3) is 5.69 Å². The highest BCUT2D eigenvalue weighted by atomic mass is 35.5. The summed E-state index contributed by atoms with van der Waals surface area (Å²) in [5.41, 5.74) is -3.75. The van der Waals surface area contributed by atoms with E-state index in [1.165, 1.54) is 32.1 Å². The maximum atomic E-state index is 13.6. The first kappa shape index (κ1) is 22.1. The number of aromatic nitrogens is 2. The number of rotatable bonds is 6. The van der Waals surface area contributed by atoms with E-state index >= 15 is 0 Å². The molecule has 2 rings (SSSR count). The third-order valence-electron chi connectivity index (χ3n) is 3.86. The van der Waals surface area contributed by atoms with Crippen LogP contribution in [0.5, 0.6) is 0 Å². The van der Waals surface area contributed by atoms with Crippen LogP contribution in [0.1, 0.15) is 24.2 Å². The molecule has 0 aliphatic heterocycles. The van der Waals surface area contributed by atoms with Gasteiger partial charge >= 0.3 is 17.6 Å². The zero-order chi connectivity index (χ0) is 21.9. The molecule has 2 aromatic rings. The number of benzene rings is 1. The van der Waals surface area contributed by atoms with Crippen molar-refractivity contribution in [1.29, 1.82) is 0 Å². The standard InChI is InChI=1S/C19H18ClFN2O6/c1-5-8-28-17(26)19(2,3)29-16(25)12-9-11(6-7-13(12)20)23-15(24)10-14(21)22(4)18(23)27/h5-7,9-10H,1,8H2,2-4H3. The van der Waals surface area contributed by atoms with Crippen molar-refractivity contribution < 1.29 is 23.5 Å². The van der Waals surface area contributed by atoms with Crippen LogP contribution >= 0.6 is 11.6 Å². The smallest absolute Gasteiger partial charge is 0.350 e. The van der Waals surface area contributed by atoms with Crippen LogP contribution in [0.15, 0.2) is 46.5 Å². The highest BCUT2D eigenvalue weighted by Crippen LogP contribution is 2.23. The van der Waals surface area contributed by atoms with Gasteiger partial charge in [0.25, 0.3) is 5.56 Å². The molecule has 0 unspecified atom stereocenters. The van der Waals surface area contributed by atoms with Crippen LogP contribution in [0.3, 0.4) is 0 Å². The van der Waals surface area contributed by atoms with Gasteiger partial charge in [0.2, 0.25) is 11.5 Å². The molecule has 0 aliphatic carbocycles. The van der Waals surface area contributed by atoms with E-state index in [1.54, 1.807) is 0 Å². The maximum absolute atomic E-state index is 13.6.